The van der Waals surface area contributed by atoms with E-state index in [1.54, 1.807) is 12.1 Å². The molecule has 26 heavy (non-hydrogen) atoms. The van der Waals surface area contributed by atoms with Crippen LogP contribution in [0.25, 0.3) is 22.5 Å². The molecule has 6 nitrogen and oxygen atoms in total. The van der Waals surface area contributed by atoms with Crippen molar-refractivity contribution in [1.82, 2.24) is 24.3 Å². The van der Waals surface area contributed by atoms with Gasteiger partial charge < -0.3 is 0 Å². The molecule has 0 aliphatic carbocycles. The Morgan fingerprint density at radius 3 is 2.62 bits per heavy atom. The number of hydrogen-bond acceptors (Lipinski definition) is 5. The average molecular weight is 408 g/mol. The first-order valence-corrected chi connectivity index (χ1v) is 8.43. The van der Waals surface area contributed by atoms with E-state index in [4.69, 9.17) is 23.2 Å². The standard InChI is InChI=1S/C16H8Cl2FN5OS/c17-8-1-4-13(11(18)5-8)23-14(25)10-6-9(19)2-3-12(10)22-15(23)24-16(26)20-7-21-24/h1-7H,(H,20,21,26). The van der Waals surface area contributed by atoms with Crippen LogP contribution in [-0.4, -0.2) is 24.3 Å². The molecular formula is C16H8Cl2FN5OS. The van der Waals surface area contributed by atoms with E-state index in [9.17, 15) is 9.18 Å². The summed E-state index contributed by atoms with van der Waals surface area (Å²) in [5.41, 5.74) is 0.103. The molecule has 2 heterocycles. The second-order valence-corrected chi connectivity index (χ2v) is 6.53. The normalized spacial score (nSPS) is 11.2. The van der Waals surface area contributed by atoms with Crippen molar-refractivity contribution < 1.29 is 4.39 Å². The highest BCUT2D eigenvalue weighted by atomic mass is 35.5. The van der Waals surface area contributed by atoms with Crippen LogP contribution in [0.3, 0.4) is 0 Å². The van der Waals surface area contributed by atoms with Crippen molar-refractivity contribution >= 4 is 46.7 Å². The topological polar surface area (TPSA) is 65.6 Å². The summed E-state index contributed by atoms with van der Waals surface area (Å²) in [4.78, 5) is 21.5. The molecule has 0 spiro atoms. The summed E-state index contributed by atoms with van der Waals surface area (Å²) in [5.74, 6) is -0.436. The fourth-order valence-corrected chi connectivity index (χ4v) is 3.23. The van der Waals surface area contributed by atoms with Gasteiger partial charge in [0.05, 0.1) is 21.6 Å². The second-order valence-electron chi connectivity index (χ2n) is 5.28. The van der Waals surface area contributed by atoms with Crippen molar-refractivity contribution in [3.63, 3.8) is 0 Å². The highest BCUT2D eigenvalue weighted by Gasteiger charge is 2.19. The van der Waals surface area contributed by atoms with Crippen LogP contribution in [0.4, 0.5) is 4.39 Å². The Balaban J connectivity index is 2.17. The van der Waals surface area contributed by atoms with Gasteiger partial charge in [0.2, 0.25) is 5.95 Å². The molecule has 0 bridgehead atoms. The second kappa shape index (κ2) is 6.39. The van der Waals surface area contributed by atoms with E-state index in [2.05, 4.69) is 27.7 Å². The molecule has 0 unspecified atom stereocenters. The molecule has 0 fully saturated rings. The molecule has 4 rings (SSSR count). The molecule has 2 aromatic carbocycles. The van der Waals surface area contributed by atoms with E-state index in [0.717, 1.165) is 6.07 Å². The Bertz CT molecular complexity index is 1220. The summed E-state index contributed by atoms with van der Waals surface area (Å²) in [6.45, 7) is 0. The van der Waals surface area contributed by atoms with Gasteiger partial charge in [-0.25, -0.2) is 18.9 Å². The number of hydrogen-bond donors (Lipinski definition) is 1. The van der Waals surface area contributed by atoms with Gasteiger partial charge in [0.15, 0.2) is 5.16 Å². The van der Waals surface area contributed by atoms with Crippen LogP contribution in [0, 0.1) is 5.82 Å². The maximum absolute atomic E-state index is 13.7. The zero-order valence-corrected chi connectivity index (χ0v) is 15.2. The quantitative estimate of drug-likeness (QED) is 0.514. The van der Waals surface area contributed by atoms with Crippen LogP contribution < -0.4 is 5.56 Å². The molecule has 0 aliphatic rings. The molecule has 10 heteroatoms. The Morgan fingerprint density at radius 1 is 1.12 bits per heavy atom. The van der Waals surface area contributed by atoms with Crippen LogP contribution in [-0.2, 0) is 0 Å². The number of nitrogens with zero attached hydrogens (tertiary/aromatic N) is 5. The molecule has 0 saturated carbocycles. The fraction of sp³-hybridized carbons (Fsp3) is 0. The Morgan fingerprint density at radius 2 is 1.92 bits per heavy atom. The zero-order chi connectivity index (χ0) is 18.4. The first-order valence-electron chi connectivity index (χ1n) is 7.23. The summed E-state index contributed by atoms with van der Waals surface area (Å²) in [5, 5.41) is 4.99. The van der Waals surface area contributed by atoms with Crippen molar-refractivity contribution in [2.75, 3.05) is 0 Å². The number of fused-ring (bicyclic) bond motifs is 1. The van der Waals surface area contributed by atoms with Crippen molar-refractivity contribution in [2.24, 2.45) is 0 Å². The lowest BCUT2D eigenvalue weighted by molar-refractivity contribution is 0.629. The lowest BCUT2D eigenvalue weighted by Gasteiger charge is -2.15. The SMILES string of the molecule is O=c1c2cc(F)ccc2nc(-n2ncnc2S)n1-c1ccc(Cl)cc1Cl. The smallest absolute Gasteiger partial charge is 0.267 e. The summed E-state index contributed by atoms with van der Waals surface area (Å²) >= 11 is 16.5. The predicted octanol–water partition coefficient (Wildman–Crippen LogP) is 3.70. The third kappa shape index (κ3) is 2.76. The van der Waals surface area contributed by atoms with Gasteiger partial charge in [0.25, 0.3) is 5.56 Å². The number of thiol groups is 1. The molecule has 0 N–H and O–H groups in total. The van der Waals surface area contributed by atoms with Gasteiger partial charge in [-0.2, -0.15) is 9.78 Å². The number of benzene rings is 2. The third-order valence-electron chi connectivity index (χ3n) is 3.68. The zero-order valence-electron chi connectivity index (χ0n) is 12.8. The van der Waals surface area contributed by atoms with Crippen molar-refractivity contribution in [1.29, 1.82) is 0 Å². The molecule has 0 atom stereocenters. The minimum absolute atomic E-state index is 0.0978. The third-order valence-corrected chi connectivity index (χ3v) is 4.53. The van der Waals surface area contributed by atoms with Gasteiger partial charge in [-0.3, -0.25) is 4.79 Å². The maximum atomic E-state index is 13.7. The van der Waals surface area contributed by atoms with Crippen LogP contribution >= 0.6 is 35.8 Å². The minimum Gasteiger partial charge on any atom is -0.268 e. The highest BCUT2D eigenvalue weighted by molar-refractivity contribution is 7.80. The van der Waals surface area contributed by atoms with E-state index < -0.39 is 11.4 Å². The first kappa shape index (κ1) is 17.0. The molecule has 0 amide bonds. The van der Waals surface area contributed by atoms with E-state index >= 15 is 0 Å². The van der Waals surface area contributed by atoms with Crippen molar-refractivity contribution in [2.45, 2.75) is 5.16 Å². The molecule has 130 valence electrons. The Labute approximate surface area is 161 Å². The van der Waals surface area contributed by atoms with Crippen molar-refractivity contribution in [3.05, 3.63) is 68.9 Å². The largest absolute Gasteiger partial charge is 0.268 e. The predicted molar refractivity (Wildman–Crippen MR) is 99.5 cm³/mol. The lowest BCUT2D eigenvalue weighted by atomic mass is 10.2. The van der Waals surface area contributed by atoms with E-state index in [-0.39, 0.29) is 21.5 Å². The van der Waals surface area contributed by atoms with Gasteiger partial charge in [-0.1, -0.05) is 23.2 Å². The lowest BCUT2D eigenvalue weighted by Crippen LogP contribution is -2.25. The highest BCUT2D eigenvalue weighted by Crippen LogP contribution is 2.26. The molecule has 0 radical (unpaired) electrons. The van der Waals surface area contributed by atoms with E-state index in [1.165, 1.54) is 33.8 Å². The van der Waals surface area contributed by atoms with Crippen LogP contribution in [0.2, 0.25) is 10.0 Å². The molecule has 4 aromatic rings. The van der Waals surface area contributed by atoms with E-state index in [0.29, 0.717) is 16.2 Å². The Kier molecular flexibility index (Phi) is 4.18. The molecule has 0 aliphatic heterocycles. The molecular weight excluding hydrogens is 400 g/mol. The van der Waals surface area contributed by atoms with E-state index in [1.807, 2.05) is 0 Å². The molecule has 0 saturated heterocycles. The molecule has 2 aromatic heterocycles. The minimum atomic E-state index is -0.548. The van der Waals surface area contributed by atoms with Gasteiger partial charge in [-0.05, 0) is 36.4 Å². The van der Waals surface area contributed by atoms with Crippen LogP contribution in [0.1, 0.15) is 0 Å². The summed E-state index contributed by atoms with van der Waals surface area (Å²) in [7, 11) is 0. The number of halogens is 3. The fourth-order valence-electron chi connectivity index (χ4n) is 2.54. The van der Waals surface area contributed by atoms with Crippen LogP contribution in [0.5, 0.6) is 0 Å². The summed E-state index contributed by atoms with van der Waals surface area (Å²) in [6, 6.07) is 8.40. The first-order chi connectivity index (χ1) is 12.5. The average Bonchev–Trinajstić information content (AvgIpc) is 3.02. The van der Waals surface area contributed by atoms with Gasteiger partial charge >= 0.3 is 0 Å². The Hall–Kier alpha value is -2.42. The van der Waals surface area contributed by atoms with Gasteiger partial charge in [0, 0.05) is 5.02 Å². The summed E-state index contributed by atoms with van der Waals surface area (Å²) in [6.07, 6.45) is 1.27. The monoisotopic (exact) mass is 407 g/mol. The number of aromatic nitrogens is 5. The van der Waals surface area contributed by atoms with Gasteiger partial charge in [0.1, 0.15) is 12.1 Å². The number of rotatable bonds is 2. The summed E-state index contributed by atoms with van der Waals surface area (Å²) < 4.78 is 16.2. The van der Waals surface area contributed by atoms with Crippen LogP contribution in [0.15, 0.2) is 52.7 Å². The maximum Gasteiger partial charge on any atom is 0.267 e. The van der Waals surface area contributed by atoms with Gasteiger partial charge in [-0.15, -0.1) is 12.6 Å². The van der Waals surface area contributed by atoms with Crippen molar-refractivity contribution in [3.8, 4) is 11.6 Å².